The predicted octanol–water partition coefficient (Wildman–Crippen LogP) is -1.97. The van der Waals surface area contributed by atoms with Crippen LogP contribution >= 0.6 is 0 Å². The van der Waals surface area contributed by atoms with Crippen LogP contribution in [0.4, 0.5) is 0 Å². The topological polar surface area (TPSA) is 58.5 Å². The van der Waals surface area contributed by atoms with Crippen LogP contribution in [-0.2, 0) is 11.3 Å². The van der Waals surface area contributed by atoms with Crippen LogP contribution in [-0.4, -0.2) is 12.1 Å². The second-order valence-electron chi connectivity index (χ2n) is 3.79. The quantitative estimate of drug-likeness (QED) is 0.401. The normalized spacial score (nSPS) is 10.2. The van der Waals surface area contributed by atoms with Crippen LogP contribution in [0.1, 0.15) is 11.5 Å². The van der Waals surface area contributed by atoms with Gasteiger partial charge in [0.05, 0.1) is 6.21 Å². The number of hydrazone groups is 1. The summed E-state index contributed by atoms with van der Waals surface area (Å²) in [5.74, 6) is 1.23. The molecule has 100 valence electrons. The van der Waals surface area contributed by atoms with Gasteiger partial charge in [-0.05, 0) is 19.1 Å². The highest BCUT2D eigenvalue weighted by molar-refractivity contribution is 5.79. The highest BCUT2D eigenvalue weighted by atomic mass is 35.5. The Morgan fingerprint density at radius 3 is 2.74 bits per heavy atom. The van der Waals surface area contributed by atoms with Gasteiger partial charge in [0.15, 0.2) is 12.4 Å². The molecule has 2 aromatic rings. The van der Waals surface area contributed by atoms with E-state index in [2.05, 4.69) is 10.5 Å². The van der Waals surface area contributed by atoms with Gasteiger partial charge in [-0.25, -0.2) is 5.43 Å². The first-order valence-corrected chi connectivity index (χ1v) is 5.56. The number of nitrogens with one attached hydrogen (secondary N) is 1. The minimum absolute atomic E-state index is 0. The Bertz CT molecular complexity index is 552. The summed E-state index contributed by atoms with van der Waals surface area (Å²) >= 11 is 0. The zero-order valence-electron chi connectivity index (χ0n) is 10.4. The third kappa shape index (κ3) is 4.93. The van der Waals surface area contributed by atoms with Crippen molar-refractivity contribution in [3.8, 4) is 0 Å². The molecule has 0 radical (unpaired) electrons. The molecule has 0 aliphatic rings. The first-order chi connectivity index (χ1) is 8.74. The molecule has 0 unspecified atom stereocenters. The van der Waals surface area contributed by atoms with Crippen molar-refractivity contribution in [2.24, 2.45) is 5.10 Å². The van der Waals surface area contributed by atoms with Crippen LogP contribution in [0.5, 0.6) is 0 Å². The zero-order chi connectivity index (χ0) is 12.8. The third-order valence-electron chi connectivity index (χ3n) is 2.25. The predicted molar refractivity (Wildman–Crippen MR) is 65.8 cm³/mol. The van der Waals surface area contributed by atoms with Gasteiger partial charge >= 0.3 is 5.91 Å². The minimum Gasteiger partial charge on any atom is -1.00 e. The maximum atomic E-state index is 11.5. The second kappa shape index (κ2) is 7.33. The van der Waals surface area contributed by atoms with E-state index in [4.69, 9.17) is 4.42 Å². The van der Waals surface area contributed by atoms with Gasteiger partial charge in [-0.15, -0.1) is 0 Å². The van der Waals surface area contributed by atoms with Crippen molar-refractivity contribution in [2.75, 3.05) is 0 Å². The van der Waals surface area contributed by atoms with Gasteiger partial charge in [-0.1, -0.05) is 6.07 Å². The number of rotatable bonds is 4. The SMILES string of the molecule is Cc1ccc(/C=N/NC(=O)C[n+]2ccccc2)o1.[Cl-]. The molecule has 1 N–H and O–H groups in total. The number of nitrogens with zero attached hydrogens (tertiary/aromatic N) is 2. The average molecular weight is 280 g/mol. The van der Waals surface area contributed by atoms with Crippen LogP contribution in [0.2, 0.25) is 0 Å². The molecule has 0 saturated carbocycles. The van der Waals surface area contributed by atoms with Gasteiger partial charge in [0.2, 0.25) is 6.54 Å². The lowest BCUT2D eigenvalue weighted by atomic mass is 10.4. The standard InChI is InChI=1S/C13H13N3O2.ClH/c1-11-5-6-12(18-11)9-14-15-13(17)10-16-7-3-2-4-8-16;/h2-9H,10H2,1H3;1H/b14-9+;. The Kier molecular flexibility index (Phi) is 5.75. The van der Waals surface area contributed by atoms with E-state index >= 15 is 0 Å². The number of aryl methyl sites for hydroxylation is 1. The number of halogens is 1. The fraction of sp³-hybridized carbons (Fsp3) is 0.154. The Morgan fingerprint density at radius 1 is 1.37 bits per heavy atom. The highest BCUT2D eigenvalue weighted by Gasteiger charge is 2.06. The molecule has 2 aromatic heterocycles. The lowest BCUT2D eigenvalue weighted by Crippen LogP contribution is -3.00. The molecule has 0 fully saturated rings. The smallest absolute Gasteiger partial charge is 0.305 e. The van der Waals surface area contributed by atoms with Crippen molar-refractivity contribution in [2.45, 2.75) is 13.5 Å². The van der Waals surface area contributed by atoms with Gasteiger partial charge in [-0.2, -0.15) is 9.67 Å². The molecule has 1 amide bonds. The number of pyridine rings is 1. The summed E-state index contributed by atoms with van der Waals surface area (Å²) in [5.41, 5.74) is 2.44. The lowest BCUT2D eigenvalue weighted by molar-refractivity contribution is -0.684. The number of furan rings is 1. The first-order valence-electron chi connectivity index (χ1n) is 5.56. The highest BCUT2D eigenvalue weighted by Crippen LogP contribution is 2.02. The summed E-state index contributed by atoms with van der Waals surface area (Å²) in [4.78, 5) is 11.5. The van der Waals surface area contributed by atoms with E-state index in [9.17, 15) is 4.79 Å². The van der Waals surface area contributed by atoms with Gasteiger partial charge < -0.3 is 16.8 Å². The number of hydrogen-bond donors (Lipinski definition) is 1. The summed E-state index contributed by atoms with van der Waals surface area (Å²) < 4.78 is 7.04. The van der Waals surface area contributed by atoms with E-state index in [0.29, 0.717) is 5.76 Å². The number of amides is 1. The van der Waals surface area contributed by atoms with E-state index in [1.54, 1.807) is 10.6 Å². The molecule has 2 rings (SSSR count). The second-order valence-corrected chi connectivity index (χ2v) is 3.79. The molecule has 6 heteroatoms. The molecule has 19 heavy (non-hydrogen) atoms. The largest absolute Gasteiger partial charge is 1.00 e. The Labute approximate surface area is 117 Å². The molecular weight excluding hydrogens is 266 g/mol. The monoisotopic (exact) mass is 279 g/mol. The van der Waals surface area contributed by atoms with Crippen molar-refractivity contribution in [1.29, 1.82) is 0 Å². The average Bonchev–Trinajstić information content (AvgIpc) is 2.76. The molecular formula is C13H14ClN3O2. The van der Waals surface area contributed by atoms with Crippen molar-refractivity contribution in [1.82, 2.24) is 5.43 Å². The Balaban J connectivity index is 0.00000180. The van der Waals surface area contributed by atoms with Crippen molar-refractivity contribution >= 4 is 12.1 Å². The maximum absolute atomic E-state index is 11.5. The lowest BCUT2D eigenvalue weighted by Gasteiger charge is -1.95. The summed E-state index contributed by atoms with van der Waals surface area (Å²) in [6.07, 6.45) is 5.11. The number of carbonyl (C=O) groups excluding carboxylic acids is 1. The van der Waals surface area contributed by atoms with Gasteiger partial charge in [0, 0.05) is 12.1 Å². The summed E-state index contributed by atoms with van der Waals surface area (Å²) in [6, 6.07) is 9.25. The van der Waals surface area contributed by atoms with Crippen LogP contribution in [0.15, 0.2) is 52.2 Å². The molecule has 5 nitrogen and oxygen atoms in total. The van der Waals surface area contributed by atoms with E-state index in [1.165, 1.54) is 6.21 Å². The molecule has 0 saturated heterocycles. The number of aromatic nitrogens is 1. The molecule has 0 aliphatic heterocycles. The van der Waals surface area contributed by atoms with Crippen molar-refractivity contribution in [3.05, 3.63) is 54.2 Å². The van der Waals surface area contributed by atoms with Crippen LogP contribution < -0.4 is 22.4 Å². The minimum atomic E-state index is -0.189. The van der Waals surface area contributed by atoms with E-state index in [0.717, 1.165) is 5.76 Å². The summed E-state index contributed by atoms with van der Waals surface area (Å²) in [6.45, 7) is 2.08. The first kappa shape index (κ1) is 14.9. The van der Waals surface area contributed by atoms with Crippen LogP contribution in [0.25, 0.3) is 0 Å². The maximum Gasteiger partial charge on any atom is 0.305 e. The van der Waals surface area contributed by atoms with Gasteiger partial charge in [0.1, 0.15) is 11.5 Å². The van der Waals surface area contributed by atoms with Crippen LogP contribution in [0.3, 0.4) is 0 Å². The fourth-order valence-electron chi connectivity index (χ4n) is 1.43. The molecule has 0 atom stereocenters. The Hall–Kier alpha value is -2.14. The molecule has 0 spiro atoms. The van der Waals surface area contributed by atoms with E-state index < -0.39 is 0 Å². The fourth-order valence-corrected chi connectivity index (χ4v) is 1.43. The van der Waals surface area contributed by atoms with Gasteiger partial charge in [-0.3, -0.25) is 4.79 Å². The van der Waals surface area contributed by atoms with Crippen molar-refractivity contribution in [3.63, 3.8) is 0 Å². The Morgan fingerprint density at radius 2 is 2.11 bits per heavy atom. The summed E-state index contributed by atoms with van der Waals surface area (Å²) in [7, 11) is 0. The number of carbonyl (C=O) groups is 1. The van der Waals surface area contributed by atoms with E-state index in [1.807, 2.05) is 43.6 Å². The third-order valence-corrected chi connectivity index (χ3v) is 2.25. The zero-order valence-corrected chi connectivity index (χ0v) is 11.2. The number of hydrogen-bond acceptors (Lipinski definition) is 3. The molecule has 0 aliphatic carbocycles. The molecule has 0 bridgehead atoms. The van der Waals surface area contributed by atoms with Crippen LogP contribution in [0, 0.1) is 6.92 Å². The van der Waals surface area contributed by atoms with E-state index in [-0.39, 0.29) is 24.9 Å². The molecule has 2 heterocycles. The van der Waals surface area contributed by atoms with Gasteiger partial charge in [0.25, 0.3) is 0 Å². The molecule has 0 aromatic carbocycles. The summed E-state index contributed by atoms with van der Waals surface area (Å²) in [5, 5.41) is 3.82. The van der Waals surface area contributed by atoms with Crippen molar-refractivity contribution < 1.29 is 26.2 Å².